The minimum absolute atomic E-state index is 0.0431. The summed E-state index contributed by atoms with van der Waals surface area (Å²) >= 11 is 0. The van der Waals surface area contributed by atoms with Gasteiger partial charge >= 0.3 is 11.9 Å². The van der Waals surface area contributed by atoms with E-state index in [9.17, 15) is 22.8 Å². The first kappa shape index (κ1) is 18.3. The number of amides is 1. The maximum Gasteiger partial charge on any atom is 0.433 e. The van der Waals surface area contributed by atoms with Crippen LogP contribution in [0, 0.1) is 0 Å². The Balaban J connectivity index is 1.47. The van der Waals surface area contributed by atoms with Crippen molar-refractivity contribution in [1.29, 1.82) is 0 Å². The normalized spacial score (nSPS) is 15.9. The summed E-state index contributed by atoms with van der Waals surface area (Å²) in [6, 6.07) is 9.34. The number of halogens is 3. The number of aromatic amines is 1. The molecule has 0 aliphatic carbocycles. The summed E-state index contributed by atoms with van der Waals surface area (Å²) in [6.45, 7) is 0.826. The quantitative estimate of drug-likeness (QED) is 0.730. The van der Waals surface area contributed by atoms with Gasteiger partial charge < -0.3 is 9.88 Å². The van der Waals surface area contributed by atoms with E-state index in [0.29, 0.717) is 25.9 Å². The van der Waals surface area contributed by atoms with Gasteiger partial charge in [-0.05, 0) is 37.1 Å². The molecule has 1 saturated heterocycles. The van der Waals surface area contributed by atoms with Crippen LogP contribution in [0.5, 0.6) is 0 Å². The minimum atomic E-state index is -4.54. The van der Waals surface area contributed by atoms with Crippen LogP contribution in [0.3, 0.4) is 0 Å². The molecule has 0 atom stereocenters. The minimum Gasteiger partial charge on any atom is -0.338 e. The molecule has 1 aromatic carbocycles. The zero-order chi connectivity index (χ0) is 19.9. The SMILES string of the molecule is O=C(c1ccc(C(F)(F)F)nc1)N1CCC(n2c(=O)[nH]c3ccccc32)CC1. The van der Waals surface area contributed by atoms with Gasteiger partial charge in [0.05, 0.1) is 16.6 Å². The third kappa shape index (κ3) is 3.28. The second-order valence-corrected chi connectivity index (χ2v) is 6.77. The number of hydrogen-bond acceptors (Lipinski definition) is 3. The first-order valence-corrected chi connectivity index (χ1v) is 8.86. The number of hydrogen-bond donors (Lipinski definition) is 1. The van der Waals surface area contributed by atoms with E-state index < -0.39 is 11.9 Å². The van der Waals surface area contributed by atoms with Crippen molar-refractivity contribution in [2.45, 2.75) is 25.1 Å². The van der Waals surface area contributed by atoms with Crippen LogP contribution >= 0.6 is 0 Å². The van der Waals surface area contributed by atoms with Crippen LogP contribution in [0.25, 0.3) is 11.0 Å². The number of rotatable bonds is 2. The van der Waals surface area contributed by atoms with Crippen LogP contribution in [-0.4, -0.2) is 38.4 Å². The second kappa shape index (κ2) is 6.81. The number of carbonyl (C=O) groups is 1. The van der Waals surface area contributed by atoms with Crippen molar-refractivity contribution < 1.29 is 18.0 Å². The highest BCUT2D eigenvalue weighted by molar-refractivity contribution is 5.94. The summed E-state index contributed by atoms with van der Waals surface area (Å²) in [5.41, 5.74) is 0.501. The predicted octanol–water partition coefficient (Wildman–Crippen LogP) is 3.22. The molecule has 4 rings (SSSR count). The van der Waals surface area contributed by atoms with E-state index >= 15 is 0 Å². The molecular formula is C19H17F3N4O2. The Morgan fingerprint density at radius 1 is 1.11 bits per heavy atom. The van der Waals surface area contributed by atoms with E-state index in [-0.39, 0.29) is 23.2 Å². The topological polar surface area (TPSA) is 71.0 Å². The number of likely N-dealkylation sites (tertiary alicyclic amines) is 1. The molecule has 28 heavy (non-hydrogen) atoms. The first-order chi connectivity index (χ1) is 13.3. The Morgan fingerprint density at radius 3 is 2.46 bits per heavy atom. The van der Waals surface area contributed by atoms with E-state index in [1.165, 1.54) is 0 Å². The summed E-state index contributed by atoms with van der Waals surface area (Å²) in [5, 5.41) is 0. The van der Waals surface area contributed by atoms with E-state index in [1.807, 2.05) is 24.3 Å². The Bertz CT molecular complexity index is 1060. The van der Waals surface area contributed by atoms with Crippen molar-refractivity contribution in [2.75, 3.05) is 13.1 Å². The van der Waals surface area contributed by atoms with Gasteiger partial charge in [0.25, 0.3) is 5.91 Å². The maximum absolute atomic E-state index is 12.6. The highest BCUT2D eigenvalue weighted by Gasteiger charge is 2.33. The third-order valence-corrected chi connectivity index (χ3v) is 5.04. The number of H-pyrrole nitrogens is 1. The molecule has 1 fully saturated rings. The van der Waals surface area contributed by atoms with Crippen LogP contribution < -0.4 is 5.69 Å². The van der Waals surface area contributed by atoms with Crippen LogP contribution in [0.4, 0.5) is 13.2 Å². The lowest BCUT2D eigenvalue weighted by atomic mass is 10.0. The molecule has 1 amide bonds. The average molecular weight is 390 g/mol. The summed E-state index contributed by atoms with van der Waals surface area (Å²) in [6.07, 6.45) is -2.41. The smallest absolute Gasteiger partial charge is 0.338 e. The molecule has 0 unspecified atom stereocenters. The number of alkyl halides is 3. The number of aromatic nitrogens is 3. The summed E-state index contributed by atoms with van der Waals surface area (Å²) in [5.74, 6) is -0.356. The van der Waals surface area contributed by atoms with Gasteiger partial charge in [0, 0.05) is 25.3 Å². The molecule has 6 nitrogen and oxygen atoms in total. The number of fused-ring (bicyclic) bond motifs is 1. The van der Waals surface area contributed by atoms with Crippen molar-refractivity contribution in [3.05, 3.63) is 64.3 Å². The molecule has 1 aliphatic rings. The van der Waals surface area contributed by atoms with Crippen LogP contribution in [0.15, 0.2) is 47.4 Å². The summed E-state index contributed by atoms with van der Waals surface area (Å²) < 4.78 is 39.5. The third-order valence-electron chi connectivity index (χ3n) is 5.04. The van der Waals surface area contributed by atoms with E-state index in [0.717, 1.165) is 29.4 Å². The lowest BCUT2D eigenvalue weighted by Crippen LogP contribution is -2.40. The number of pyridine rings is 1. The Morgan fingerprint density at radius 2 is 1.82 bits per heavy atom. The molecule has 0 spiro atoms. The Labute approximate surface area is 157 Å². The molecule has 0 bridgehead atoms. The number of piperidine rings is 1. The standard InChI is InChI=1S/C19H17F3N4O2/c20-19(21,22)16-6-5-12(11-23-16)17(27)25-9-7-13(8-10-25)26-15-4-2-1-3-14(15)24-18(26)28/h1-6,11,13H,7-10H2,(H,24,28). The molecule has 9 heteroatoms. The van der Waals surface area contributed by atoms with Gasteiger partial charge in [-0.1, -0.05) is 12.1 Å². The number of nitrogens with one attached hydrogen (secondary N) is 1. The number of nitrogens with zero attached hydrogens (tertiary/aromatic N) is 3. The van der Waals surface area contributed by atoms with Gasteiger partial charge in [-0.2, -0.15) is 13.2 Å². The number of para-hydroxylation sites is 2. The fourth-order valence-corrected chi connectivity index (χ4v) is 3.63. The van der Waals surface area contributed by atoms with Crippen LogP contribution in [0.2, 0.25) is 0 Å². The summed E-state index contributed by atoms with van der Waals surface area (Å²) in [4.78, 5) is 32.6. The highest BCUT2D eigenvalue weighted by atomic mass is 19.4. The molecule has 1 N–H and O–H groups in total. The van der Waals surface area contributed by atoms with Gasteiger partial charge in [0.2, 0.25) is 0 Å². The Kier molecular flexibility index (Phi) is 4.44. The van der Waals surface area contributed by atoms with E-state index in [4.69, 9.17) is 0 Å². The average Bonchev–Trinajstić information content (AvgIpc) is 3.02. The highest BCUT2D eigenvalue weighted by Crippen LogP contribution is 2.28. The first-order valence-electron chi connectivity index (χ1n) is 8.86. The van der Waals surface area contributed by atoms with Gasteiger partial charge in [-0.15, -0.1) is 0 Å². The fourth-order valence-electron chi connectivity index (χ4n) is 3.63. The number of benzene rings is 1. The van der Waals surface area contributed by atoms with Crippen molar-refractivity contribution in [2.24, 2.45) is 0 Å². The zero-order valence-corrected chi connectivity index (χ0v) is 14.7. The molecule has 3 aromatic rings. The molecular weight excluding hydrogens is 373 g/mol. The lowest BCUT2D eigenvalue weighted by Gasteiger charge is -2.32. The fraction of sp³-hybridized carbons (Fsp3) is 0.316. The van der Waals surface area contributed by atoms with Gasteiger partial charge in [0.15, 0.2) is 0 Å². The molecule has 146 valence electrons. The van der Waals surface area contributed by atoms with Crippen LogP contribution in [0.1, 0.15) is 34.9 Å². The van der Waals surface area contributed by atoms with Crippen molar-refractivity contribution in [3.8, 4) is 0 Å². The van der Waals surface area contributed by atoms with Crippen LogP contribution in [-0.2, 0) is 6.18 Å². The van der Waals surface area contributed by atoms with E-state index in [1.54, 1.807) is 9.47 Å². The van der Waals surface area contributed by atoms with Crippen molar-refractivity contribution >= 4 is 16.9 Å². The molecule has 2 aromatic heterocycles. The molecule has 3 heterocycles. The van der Waals surface area contributed by atoms with Crippen molar-refractivity contribution in [1.82, 2.24) is 19.4 Å². The molecule has 0 saturated carbocycles. The lowest BCUT2D eigenvalue weighted by molar-refractivity contribution is -0.141. The second-order valence-electron chi connectivity index (χ2n) is 6.77. The summed E-state index contributed by atoms with van der Waals surface area (Å²) in [7, 11) is 0. The number of imidazole rings is 1. The van der Waals surface area contributed by atoms with E-state index in [2.05, 4.69) is 9.97 Å². The van der Waals surface area contributed by atoms with Gasteiger partial charge in [0.1, 0.15) is 5.69 Å². The van der Waals surface area contributed by atoms with Crippen molar-refractivity contribution in [3.63, 3.8) is 0 Å². The molecule has 0 radical (unpaired) electrons. The van der Waals surface area contributed by atoms with Gasteiger partial charge in [-0.3, -0.25) is 14.3 Å². The predicted molar refractivity (Wildman–Crippen MR) is 96.0 cm³/mol. The monoisotopic (exact) mass is 390 g/mol. The Hall–Kier alpha value is -3.10. The largest absolute Gasteiger partial charge is 0.433 e. The maximum atomic E-state index is 12.6. The van der Waals surface area contributed by atoms with Gasteiger partial charge in [-0.25, -0.2) is 4.79 Å². The number of carbonyl (C=O) groups excluding carboxylic acids is 1. The zero-order valence-electron chi connectivity index (χ0n) is 14.7. The molecule has 1 aliphatic heterocycles.